The fourth-order valence-corrected chi connectivity index (χ4v) is 9.39. The van der Waals surface area contributed by atoms with Crippen molar-refractivity contribution >= 4 is 74.8 Å². The molecule has 14 nitrogen and oxygen atoms in total. The van der Waals surface area contributed by atoms with Gasteiger partial charge in [0.25, 0.3) is 11.8 Å². The molecular weight excluding hydrogens is 1080 g/mol. The number of imidazole rings is 2. The molecule has 10 rings (SSSR count). The van der Waals surface area contributed by atoms with Gasteiger partial charge in [0.2, 0.25) is 11.8 Å². The van der Waals surface area contributed by atoms with Crippen molar-refractivity contribution < 1.29 is 76.5 Å². The van der Waals surface area contributed by atoms with Gasteiger partial charge in [-0.3, -0.25) is 29.2 Å². The smallest absolute Gasteiger partial charge is 1.00 e. The number of nitrogens with one attached hydrogen (secondary N) is 3. The van der Waals surface area contributed by atoms with Crippen LogP contribution in [-0.2, 0) is 45.6 Å². The Bertz CT molecular complexity index is 3080. The van der Waals surface area contributed by atoms with Crippen LogP contribution in [0.4, 0.5) is 37.7 Å². The van der Waals surface area contributed by atoms with Gasteiger partial charge in [-0.2, -0.15) is 26.3 Å². The van der Waals surface area contributed by atoms with E-state index in [0.29, 0.717) is 24.1 Å². The number of halogens is 8. The molecular formula is C52H51BrClF6N10NaO4. The molecule has 23 heteroatoms. The zero-order valence-corrected chi connectivity index (χ0v) is 45.3. The number of hydrogen-bond donors (Lipinski definition) is 3. The molecule has 4 aliphatic rings. The molecule has 2 aliphatic carbocycles. The van der Waals surface area contributed by atoms with Crippen LogP contribution in [0.5, 0.6) is 0 Å². The molecule has 3 N–H and O–H groups in total. The average molecular weight is 1130 g/mol. The van der Waals surface area contributed by atoms with E-state index in [1.54, 1.807) is 12.4 Å². The van der Waals surface area contributed by atoms with Gasteiger partial charge in [0.05, 0.1) is 16.5 Å². The summed E-state index contributed by atoms with van der Waals surface area (Å²) in [6, 6.07) is 24.2. The zero-order chi connectivity index (χ0) is 52.1. The molecule has 0 atom stereocenters. The van der Waals surface area contributed by atoms with Crippen LogP contribution in [-0.4, -0.2) is 82.3 Å². The Morgan fingerprint density at radius 1 is 0.653 bits per heavy atom. The number of anilines is 2. The van der Waals surface area contributed by atoms with E-state index < -0.39 is 41.0 Å². The molecule has 0 radical (unpaired) electrons. The summed E-state index contributed by atoms with van der Waals surface area (Å²) in [5.74, 6) is 0.329. The Morgan fingerprint density at radius 2 is 1.09 bits per heavy atom. The zero-order valence-electron chi connectivity index (χ0n) is 41.9. The van der Waals surface area contributed by atoms with Crippen molar-refractivity contribution in [2.75, 3.05) is 22.5 Å². The molecule has 4 amide bonds. The fourth-order valence-electron chi connectivity index (χ4n) is 9.25. The molecule has 2 aromatic heterocycles. The molecule has 4 heterocycles. The third kappa shape index (κ3) is 13.7. The van der Waals surface area contributed by atoms with Gasteiger partial charge in [-0.1, -0.05) is 76.6 Å². The predicted molar refractivity (Wildman–Crippen MR) is 275 cm³/mol. The normalized spacial score (nSPS) is 16.1. The first-order chi connectivity index (χ1) is 34.8. The minimum atomic E-state index is -4.52. The Balaban J connectivity index is 0.000000228. The Hall–Kier alpha value is -6.13. The van der Waals surface area contributed by atoms with Crippen molar-refractivity contribution in [3.63, 3.8) is 0 Å². The van der Waals surface area contributed by atoms with Gasteiger partial charge in [-0.25, -0.2) is 9.97 Å². The molecule has 0 bridgehead atoms. The third-order valence-corrected chi connectivity index (χ3v) is 13.3. The van der Waals surface area contributed by atoms with Crippen LogP contribution in [0.25, 0.3) is 22.8 Å². The van der Waals surface area contributed by atoms with Crippen LogP contribution >= 0.6 is 28.3 Å². The maximum atomic E-state index is 13.5. The molecule has 0 saturated heterocycles. The number of amides is 4. The minimum absolute atomic E-state index is 0. The summed E-state index contributed by atoms with van der Waals surface area (Å²) in [6.45, 7) is -0.298. The maximum Gasteiger partial charge on any atom is 1.00 e. The summed E-state index contributed by atoms with van der Waals surface area (Å²) < 4.78 is 79.7. The van der Waals surface area contributed by atoms with Crippen molar-refractivity contribution in [3.05, 3.63) is 144 Å². The van der Waals surface area contributed by atoms with Crippen molar-refractivity contribution in [2.24, 2.45) is 24.1 Å². The summed E-state index contributed by atoms with van der Waals surface area (Å²) in [5.41, 5.74) is 1.67. The molecule has 2 aliphatic heterocycles. The molecule has 0 unspecified atom stereocenters. The van der Waals surface area contributed by atoms with Gasteiger partial charge in [-0.05, 0) is 87.8 Å². The number of nitrogens with zero attached hydrogens (tertiary/aromatic N) is 7. The number of hydrogen-bond acceptors (Lipinski definition) is 8. The van der Waals surface area contributed by atoms with Crippen molar-refractivity contribution in [3.8, 4) is 22.8 Å². The third-order valence-electron chi connectivity index (χ3n) is 12.8. The standard InChI is InChI=1S/C26H24F3N5O2.C17H18N4O.C9H7BrF3NO.ClH.Na.H/c1-33-14-13-30-23(33)18-9-7-17(8-10-18)22-24(36)34(25(32-22)11-2-3-12-25)16-21(35)31-20-6-4-5-19(15-20)26(27,28)29;1-21-11-10-18-15(21)13-6-4-12(5-7-13)14-16(22)20-17(19-14)8-2-3-9-17;10-5-8(15)14-7-3-1-2-6(4-7)9(11,12)13;;;/h4-10,13-15H,2-3,11-12,16H2,1H3,(H,31,35);4-7,10-11H,2-3,8-9H2,1H3,(H,20,22);1-4H,5H2,(H,14,15);1H;;/q;;;;+1;-1. The Kier molecular flexibility index (Phi) is 18.8. The van der Waals surface area contributed by atoms with Crippen LogP contribution in [0, 0.1) is 0 Å². The average Bonchev–Trinajstić information content (AvgIpc) is 4.25. The fraction of sp³-hybridized carbons (Fsp3) is 0.308. The summed E-state index contributed by atoms with van der Waals surface area (Å²) in [6.07, 6.45) is 5.51. The summed E-state index contributed by atoms with van der Waals surface area (Å²) >= 11 is 2.90. The molecule has 4 aromatic carbocycles. The molecule has 2 fully saturated rings. The number of aliphatic imine (C=N–C) groups is 2. The maximum absolute atomic E-state index is 13.5. The summed E-state index contributed by atoms with van der Waals surface area (Å²) in [7, 11) is 3.86. The van der Waals surface area contributed by atoms with Gasteiger partial charge < -0.3 is 31.4 Å². The molecule has 75 heavy (non-hydrogen) atoms. The van der Waals surface area contributed by atoms with E-state index in [4.69, 9.17) is 9.98 Å². The molecule has 2 spiro atoms. The topological polar surface area (TPSA) is 168 Å². The SMILES string of the molecule is Cl.Cn1ccnc1-c1ccc(C2=NC3(CCCC3)N(CC(=O)Nc3cccc(C(F)(F)F)c3)C2=O)cc1.Cn1ccnc1-c1ccc(C2=NC3(CCCC3)NC2=O)cc1.O=C(CBr)Nc1cccc(C(F)(F)F)c1.[H-].[Na+]. The van der Waals surface area contributed by atoms with Crippen molar-refractivity contribution in [2.45, 2.75) is 75.0 Å². The molecule has 2 saturated carbocycles. The van der Waals surface area contributed by atoms with E-state index in [1.807, 2.05) is 84.2 Å². The second kappa shape index (κ2) is 24.3. The number of benzene rings is 4. The van der Waals surface area contributed by atoms with E-state index in [9.17, 15) is 45.5 Å². The van der Waals surface area contributed by atoms with E-state index in [0.717, 1.165) is 91.1 Å². The number of aryl methyl sites for hydroxylation is 2. The van der Waals surface area contributed by atoms with Gasteiger partial charge in [0.1, 0.15) is 40.9 Å². The molecule has 6 aromatic rings. The number of carbonyl (C=O) groups is 4. The number of aromatic nitrogens is 4. The first-order valence-electron chi connectivity index (χ1n) is 23.3. The van der Waals surface area contributed by atoms with Gasteiger partial charge >= 0.3 is 41.9 Å². The van der Waals surface area contributed by atoms with E-state index in [1.165, 1.54) is 29.2 Å². The number of carbonyl (C=O) groups excluding carboxylic acids is 4. The van der Waals surface area contributed by atoms with Crippen LogP contribution < -0.4 is 45.5 Å². The van der Waals surface area contributed by atoms with Gasteiger partial charge in [0, 0.05) is 72.5 Å². The van der Waals surface area contributed by atoms with Gasteiger partial charge in [0.15, 0.2) is 0 Å². The summed E-state index contributed by atoms with van der Waals surface area (Å²) in [5, 5.41) is 7.93. The first kappa shape index (κ1) is 58.1. The summed E-state index contributed by atoms with van der Waals surface area (Å²) in [4.78, 5) is 69.1. The Morgan fingerprint density at radius 3 is 1.53 bits per heavy atom. The monoisotopic (exact) mass is 1130 g/mol. The largest absolute Gasteiger partial charge is 1.00 e. The molecule has 390 valence electrons. The number of alkyl halides is 7. The van der Waals surface area contributed by atoms with Crippen molar-refractivity contribution in [1.82, 2.24) is 29.3 Å². The Labute approximate surface area is 466 Å². The predicted octanol–water partition coefficient (Wildman–Crippen LogP) is 7.50. The van der Waals surface area contributed by atoms with Gasteiger partial charge in [-0.15, -0.1) is 12.4 Å². The second-order valence-electron chi connectivity index (χ2n) is 18.0. The van der Waals surface area contributed by atoms with E-state index in [-0.39, 0.29) is 89.8 Å². The van der Waals surface area contributed by atoms with Crippen LogP contribution in [0.3, 0.4) is 0 Å². The van der Waals surface area contributed by atoms with Crippen LogP contribution in [0.1, 0.15) is 75.0 Å². The minimum Gasteiger partial charge on any atom is -1.00 e. The first-order valence-corrected chi connectivity index (χ1v) is 24.4. The quantitative estimate of drug-likeness (QED) is 0.0771. The van der Waals surface area contributed by atoms with E-state index in [2.05, 4.69) is 41.8 Å². The second-order valence-corrected chi connectivity index (χ2v) is 18.5. The van der Waals surface area contributed by atoms with Crippen LogP contribution in [0.2, 0.25) is 0 Å². The number of rotatable bonds is 9. The van der Waals surface area contributed by atoms with Crippen LogP contribution in [0.15, 0.2) is 132 Å². The van der Waals surface area contributed by atoms with Crippen molar-refractivity contribution in [1.29, 1.82) is 0 Å². The van der Waals surface area contributed by atoms with E-state index >= 15 is 0 Å².